The van der Waals surface area contributed by atoms with Gasteiger partial charge in [-0.25, -0.2) is 13.1 Å². The Kier molecular flexibility index (Phi) is 6.31. The van der Waals surface area contributed by atoms with E-state index in [2.05, 4.69) is 26.4 Å². The Balaban J connectivity index is 1.36. The van der Waals surface area contributed by atoms with Crippen molar-refractivity contribution in [3.63, 3.8) is 0 Å². The topological polar surface area (TPSA) is 91.8 Å². The van der Waals surface area contributed by atoms with E-state index in [1.54, 1.807) is 24.6 Å². The van der Waals surface area contributed by atoms with Gasteiger partial charge in [-0.2, -0.15) is 0 Å². The number of ether oxygens (including phenoxy) is 1. The molecule has 3 N–H and O–H groups in total. The highest BCUT2D eigenvalue weighted by Crippen LogP contribution is 2.46. The van der Waals surface area contributed by atoms with Crippen LogP contribution >= 0.6 is 11.3 Å². The summed E-state index contributed by atoms with van der Waals surface area (Å²) in [4.78, 5) is 4.33. The van der Waals surface area contributed by atoms with Crippen LogP contribution < -0.4 is 20.1 Å². The second-order valence-corrected chi connectivity index (χ2v) is 10.7. The Labute approximate surface area is 182 Å². The average Bonchev–Trinajstić information content (AvgIpc) is 3.43. The first-order valence-electron chi connectivity index (χ1n) is 10.3. The van der Waals surface area contributed by atoms with Crippen LogP contribution in [-0.4, -0.2) is 40.1 Å². The zero-order chi connectivity index (χ0) is 21.0. The number of guanidine groups is 1. The van der Waals surface area contributed by atoms with E-state index in [1.807, 2.05) is 18.2 Å². The average molecular weight is 449 g/mol. The molecule has 0 radical (unpaired) electrons. The normalized spacial score (nSPS) is 20.6. The molecule has 7 nitrogen and oxygen atoms in total. The molecule has 2 heterocycles. The fourth-order valence-electron chi connectivity index (χ4n) is 4.29. The molecule has 4 rings (SSSR count). The van der Waals surface area contributed by atoms with Gasteiger partial charge in [-0.15, -0.1) is 11.3 Å². The maximum atomic E-state index is 12.2. The molecule has 9 heteroatoms. The molecule has 1 spiro atoms. The van der Waals surface area contributed by atoms with E-state index in [-0.39, 0.29) is 18.2 Å². The highest BCUT2D eigenvalue weighted by Gasteiger charge is 2.43. The Morgan fingerprint density at radius 1 is 1.20 bits per heavy atom. The Morgan fingerprint density at radius 2 is 2.00 bits per heavy atom. The van der Waals surface area contributed by atoms with Gasteiger partial charge in [0.2, 0.25) is 10.0 Å². The SMILES string of the molecule is CN=C(NCCNS(=O)(=O)c1cccs1)NC1CC2(CCCC2)Oc2ccccc21. The van der Waals surface area contributed by atoms with Crippen LogP contribution in [0.4, 0.5) is 0 Å². The number of nitrogens with zero attached hydrogens (tertiary/aromatic N) is 1. The summed E-state index contributed by atoms with van der Waals surface area (Å²) in [7, 11) is -1.73. The van der Waals surface area contributed by atoms with Crippen LogP contribution in [0.1, 0.15) is 43.7 Å². The van der Waals surface area contributed by atoms with Crippen molar-refractivity contribution in [2.24, 2.45) is 4.99 Å². The summed E-state index contributed by atoms with van der Waals surface area (Å²) in [5.74, 6) is 1.60. The third-order valence-electron chi connectivity index (χ3n) is 5.72. The van der Waals surface area contributed by atoms with E-state index in [0.29, 0.717) is 16.7 Å². The second kappa shape index (κ2) is 8.95. The van der Waals surface area contributed by atoms with Crippen LogP contribution in [0.5, 0.6) is 5.75 Å². The van der Waals surface area contributed by atoms with E-state index >= 15 is 0 Å². The summed E-state index contributed by atoms with van der Waals surface area (Å²) < 4.78 is 33.8. The van der Waals surface area contributed by atoms with E-state index in [1.165, 1.54) is 24.2 Å². The lowest BCUT2D eigenvalue weighted by atomic mass is 9.86. The summed E-state index contributed by atoms with van der Waals surface area (Å²) >= 11 is 1.21. The highest BCUT2D eigenvalue weighted by atomic mass is 32.2. The quantitative estimate of drug-likeness (QED) is 0.359. The number of fused-ring (bicyclic) bond motifs is 1. The van der Waals surface area contributed by atoms with Gasteiger partial charge in [-0.1, -0.05) is 24.3 Å². The molecule has 1 unspecified atom stereocenters. The van der Waals surface area contributed by atoms with Gasteiger partial charge in [-0.05, 0) is 43.2 Å². The standard InChI is InChI=1S/C21H28N4O3S2/c1-22-20(23-12-13-24-30(26,27)19-9-6-14-29-19)25-17-15-21(10-4-5-11-21)28-18-8-3-2-7-16(17)18/h2-3,6-9,14,17,24H,4-5,10-13,15H2,1H3,(H2,22,23,25). The molecule has 1 fully saturated rings. The van der Waals surface area contributed by atoms with Crippen LogP contribution in [0.3, 0.4) is 0 Å². The lowest BCUT2D eigenvalue weighted by molar-refractivity contribution is 0.0396. The summed E-state index contributed by atoms with van der Waals surface area (Å²) in [5, 5.41) is 8.49. The predicted molar refractivity (Wildman–Crippen MR) is 120 cm³/mol. The second-order valence-electron chi connectivity index (χ2n) is 7.76. The molecule has 30 heavy (non-hydrogen) atoms. The first-order valence-corrected chi connectivity index (χ1v) is 12.7. The molecule has 1 aromatic carbocycles. The van der Waals surface area contributed by atoms with Crippen molar-refractivity contribution in [1.29, 1.82) is 0 Å². The molecule has 1 saturated carbocycles. The molecule has 0 bridgehead atoms. The minimum absolute atomic E-state index is 0.0960. The maximum absolute atomic E-state index is 12.2. The van der Waals surface area contributed by atoms with Crippen LogP contribution in [0, 0.1) is 0 Å². The molecule has 1 atom stereocenters. The summed E-state index contributed by atoms with van der Waals surface area (Å²) in [6, 6.07) is 11.6. The molecule has 162 valence electrons. The molecular formula is C21H28N4O3S2. The molecule has 2 aliphatic rings. The molecular weight excluding hydrogens is 420 g/mol. The first-order chi connectivity index (χ1) is 14.5. The van der Waals surface area contributed by atoms with Gasteiger partial charge >= 0.3 is 0 Å². The summed E-state index contributed by atoms with van der Waals surface area (Å²) in [5.41, 5.74) is 1.04. The van der Waals surface area contributed by atoms with E-state index in [0.717, 1.165) is 30.6 Å². The van der Waals surface area contributed by atoms with Crippen LogP contribution in [0.15, 0.2) is 51.0 Å². The minimum atomic E-state index is -3.45. The maximum Gasteiger partial charge on any atom is 0.250 e. The Hall–Kier alpha value is -2.10. The minimum Gasteiger partial charge on any atom is -0.487 e. The van der Waals surface area contributed by atoms with Gasteiger partial charge < -0.3 is 15.4 Å². The van der Waals surface area contributed by atoms with Crippen molar-refractivity contribution in [1.82, 2.24) is 15.4 Å². The number of thiophene rings is 1. The number of hydrogen-bond donors (Lipinski definition) is 3. The smallest absolute Gasteiger partial charge is 0.250 e. The molecule has 2 aromatic rings. The number of benzene rings is 1. The van der Waals surface area contributed by atoms with Crippen LogP contribution in [0.25, 0.3) is 0 Å². The van der Waals surface area contributed by atoms with Gasteiger partial charge in [0.15, 0.2) is 5.96 Å². The number of rotatable bonds is 6. The van der Waals surface area contributed by atoms with E-state index in [9.17, 15) is 8.42 Å². The number of para-hydroxylation sites is 1. The van der Waals surface area contributed by atoms with Crippen molar-refractivity contribution < 1.29 is 13.2 Å². The number of aliphatic imine (C=N–C) groups is 1. The molecule has 0 saturated heterocycles. The van der Waals surface area contributed by atoms with Gasteiger partial charge in [-0.3, -0.25) is 4.99 Å². The van der Waals surface area contributed by atoms with Crippen molar-refractivity contribution in [3.8, 4) is 5.75 Å². The molecule has 1 aliphatic carbocycles. The lowest BCUT2D eigenvalue weighted by Crippen LogP contribution is -2.47. The largest absolute Gasteiger partial charge is 0.487 e. The summed E-state index contributed by atoms with van der Waals surface area (Å²) in [6.07, 6.45) is 5.46. The Bertz CT molecular complexity index is 983. The highest BCUT2D eigenvalue weighted by molar-refractivity contribution is 7.91. The Morgan fingerprint density at radius 3 is 2.73 bits per heavy atom. The third-order valence-corrected chi connectivity index (χ3v) is 8.57. The monoisotopic (exact) mass is 448 g/mol. The van der Waals surface area contributed by atoms with Crippen molar-refractivity contribution in [2.45, 2.75) is 48.0 Å². The fourth-order valence-corrected chi connectivity index (χ4v) is 6.36. The molecule has 1 aromatic heterocycles. The zero-order valence-corrected chi connectivity index (χ0v) is 18.7. The lowest BCUT2D eigenvalue weighted by Gasteiger charge is -2.40. The van der Waals surface area contributed by atoms with Gasteiger partial charge in [0.05, 0.1) is 6.04 Å². The van der Waals surface area contributed by atoms with Gasteiger partial charge in [0, 0.05) is 32.1 Å². The predicted octanol–water partition coefficient (Wildman–Crippen LogP) is 3.03. The summed E-state index contributed by atoms with van der Waals surface area (Å²) in [6.45, 7) is 0.704. The van der Waals surface area contributed by atoms with E-state index < -0.39 is 10.0 Å². The first kappa shape index (κ1) is 21.1. The van der Waals surface area contributed by atoms with E-state index in [4.69, 9.17) is 4.74 Å². The molecule has 1 aliphatic heterocycles. The van der Waals surface area contributed by atoms with Crippen LogP contribution in [-0.2, 0) is 10.0 Å². The zero-order valence-electron chi connectivity index (χ0n) is 17.1. The molecule has 0 amide bonds. The number of nitrogens with one attached hydrogen (secondary N) is 3. The van der Waals surface area contributed by atoms with Crippen molar-refractivity contribution in [2.75, 3.05) is 20.1 Å². The van der Waals surface area contributed by atoms with Gasteiger partial charge in [0.1, 0.15) is 15.6 Å². The van der Waals surface area contributed by atoms with Crippen LogP contribution in [0.2, 0.25) is 0 Å². The fraction of sp³-hybridized carbons (Fsp3) is 0.476. The number of hydrogen-bond acceptors (Lipinski definition) is 5. The van der Waals surface area contributed by atoms with Crippen molar-refractivity contribution in [3.05, 3.63) is 47.3 Å². The van der Waals surface area contributed by atoms with Crippen molar-refractivity contribution >= 4 is 27.3 Å². The third kappa shape index (κ3) is 4.63. The van der Waals surface area contributed by atoms with Gasteiger partial charge in [0.25, 0.3) is 0 Å². The number of sulfonamides is 1.